The van der Waals surface area contributed by atoms with Crippen LogP contribution in [0.15, 0.2) is 66.7 Å². The summed E-state index contributed by atoms with van der Waals surface area (Å²) in [6.07, 6.45) is 0. The normalized spacial score (nSPS) is 11.1. The van der Waals surface area contributed by atoms with Crippen molar-refractivity contribution < 1.29 is 18.3 Å². The Hall–Kier alpha value is -3.72. The van der Waals surface area contributed by atoms with Crippen molar-refractivity contribution in [2.45, 2.75) is 6.61 Å². The van der Waals surface area contributed by atoms with Gasteiger partial charge in [-0.1, -0.05) is 53.0 Å². The van der Waals surface area contributed by atoms with Gasteiger partial charge in [0.25, 0.3) is 5.91 Å². The van der Waals surface area contributed by atoms with Crippen molar-refractivity contribution in [3.8, 4) is 22.8 Å². The summed E-state index contributed by atoms with van der Waals surface area (Å²) in [5.74, 6) is -2.47. The molecule has 0 aliphatic carbocycles. The first-order chi connectivity index (χ1) is 18.2. The standard InChI is InChI=1S/C27H17Cl3F2N4O2/c1-33-26(37)19-12-18-24(15-3-5-16(28)6-4-15)36(23-9-7-17(29)11-20(23)30)35-25(18)34-27(19)38-13-14-2-8-21(31)22(32)10-14/h2-12H,13H2,1H3,(H,33,37). The summed E-state index contributed by atoms with van der Waals surface area (Å²) < 4.78 is 34.4. The lowest BCUT2D eigenvalue weighted by molar-refractivity contribution is 0.0958. The SMILES string of the molecule is CNC(=O)c1cc2c(-c3ccc(Cl)cc3)n(-c3ccc(Cl)cc3Cl)nc2nc1OCc1ccc(F)c(F)c1. The van der Waals surface area contributed by atoms with E-state index in [1.165, 1.54) is 13.1 Å². The zero-order chi connectivity index (χ0) is 27.0. The zero-order valence-corrected chi connectivity index (χ0v) is 21.9. The average molecular weight is 574 g/mol. The first-order valence-electron chi connectivity index (χ1n) is 11.2. The number of carbonyl (C=O) groups is 1. The number of nitrogens with zero attached hydrogens (tertiary/aromatic N) is 3. The molecule has 38 heavy (non-hydrogen) atoms. The molecule has 0 atom stereocenters. The van der Waals surface area contributed by atoms with Crippen LogP contribution in [0.4, 0.5) is 8.78 Å². The van der Waals surface area contributed by atoms with E-state index in [-0.39, 0.29) is 23.7 Å². The summed E-state index contributed by atoms with van der Waals surface area (Å²) in [7, 11) is 1.47. The van der Waals surface area contributed by atoms with Crippen molar-refractivity contribution in [3.05, 3.63) is 105 Å². The molecule has 11 heteroatoms. The molecular weight excluding hydrogens is 557 g/mol. The first-order valence-corrected chi connectivity index (χ1v) is 12.3. The van der Waals surface area contributed by atoms with Gasteiger partial charge in [0.2, 0.25) is 5.88 Å². The Kier molecular flexibility index (Phi) is 7.21. The van der Waals surface area contributed by atoms with Crippen LogP contribution in [0, 0.1) is 11.6 Å². The number of halogens is 5. The molecule has 5 aromatic rings. The molecule has 0 spiro atoms. The molecular formula is C27H17Cl3F2N4O2. The number of rotatable bonds is 6. The summed E-state index contributed by atoms with van der Waals surface area (Å²) in [6.45, 7) is -0.159. The molecule has 0 aliphatic rings. The number of benzene rings is 3. The van der Waals surface area contributed by atoms with E-state index in [9.17, 15) is 13.6 Å². The Morgan fingerprint density at radius 3 is 2.37 bits per heavy atom. The minimum absolute atomic E-state index is 0.0314. The van der Waals surface area contributed by atoms with E-state index < -0.39 is 17.5 Å². The summed E-state index contributed by atoms with van der Waals surface area (Å²) >= 11 is 18.7. The molecule has 0 fully saturated rings. The van der Waals surface area contributed by atoms with Gasteiger partial charge < -0.3 is 10.1 Å². The number of carbonyl (C=O) groups excluding carboxylic acids is 1. The van der Waals surface area contributed by atoms with Crippen LogP contribution in [0.25, 0.3) is 28.0 Å². The largest absolute Gasteiger partial charge is 0.472 e. The Morgan fingerprint density at radius 2 is 1.68 bits per heavy atom. The van der Waals surface area contributed by atoms with E-state index in [2.05, 4.69) is 15.4 Å². The molecule has 1 N–H and O–H groups in total. The molecule has 0 unspecified atom stereocenters. The molecule has 0 radical (unpaired) electrons. The lowest BCUT2D eigenvalue weighted by Gasteiger charge is -2.11. The number of hydrogen-bond donors (Lipinski definition) is 1. The van der Waals surface area contributed by atoms with E-state index in [4.69, 9.17) is 39.5 Å². The van der Waals surface area contributed by atoms with Crippen LogP contribution < -0.4 is 10.1 Å². The van der Waals surface area contributed by atoms with Crippen molar-refractivity contribution >= 4 is 51.7 Å². The lowest BCUT2D eigenvalue weighted by Crippen LogP contribution is -2.19. The van der Waals surface area contributed by atoms with Gasteiger partial charge in [-0.15, -0.1) is 5.10 Å². The van der Waals surface area contributed by atoms with Crippen LogP contribution in [0.1, 0.15) is 15.9 Å². The monoisotopic (exact) mass is 572 g/mol. The van der Waals surface area contributed by atoms with Crippen LogP contribution in [0.2, 0.25) is 15.1 Å². The molecule has 3 aromatic carbocycles. The number of nitrogens with one attached hydrogen (secondary N) is 1. The highest BCUT2D eigenvalue weighted by atomic mass is 35.5. The van der Waals surface area contributed by atoms with Gasteiger partial charge in [0.15, 0.2) is 17.3 Å². The first kappa shape index (κ1) is 25.9. The second-order valence-corrected chi connectivity index (χ2v) is 9.47. The highest BCUT2D eigenvalue weighted by Gasteiger charge is 2.23. The van der Waals surface area contributed by atoms with E-state index in [1.807, 2.05) is 12.1 Å². The van der Waals surface area contributed by atoms with Crippen molar-refractivity contribution in [2.24, 2.45) is 0 Å². The summed E-state index contributed by atoms with van der Waals surface area (Å²) in [5, 5.41) is 9.13. The Morgan fingerprint density at radius 1 is 0.947 bits per heavy atom. The molecule has 6 nitrogen and oxygen atoms in total. The van der Waals surface area contributed by atoms with Crippen molar-refractivity contribution in [1.82, 2.24) is 20.1 Å². The second kappa shape index (κ2) is 10.6. The Labute approximate surface area is 230 Å². The third kappa shape index (κ3) is 5.03. The fourth-order valence-corrected chi connectivity index (χ4v) is 4.51. The Balaban J connectivity index is 1.70. The number of pyridine rings is 1. The smallest absolute Gasteiger partial charge is 0.256 e. The summed E-state index contributed by atoms with van der Waals surface area (Å²) in [5.41, 5.74) is 2.61. The predicted molar refractivity (Wildman–Crippen MR) is 143 cm³/mol. The molecule has 0 saturated heterocycles. The lowest BCUT2D eigenvalue weighted by atomic mass is 10.1. The van der Waals surface area contributed by atoms with E-state index >= 15 is 0 Å². The molecule has 5 rings (SSSR count). The number of aromatic nitrogens is 3. The number of ether oxygens (including phenoxy) is 1. The second-order valence-electron chi connectivity index (χ2n) is 8.19. The minimum atomic E-state index is -1.01. The van der Waals surface area contributed by atoms with Gasteiger partial charge in [-0.25, -0.2) is 13.5 Å². The molecule has 1 amide bonds. The van der Waals surface area contributed by atoms with E-state index in [1.54, 1.807) is 41.1 Å². The zero-order valence-electron chi connectivity index (χ0n) is 19.6. The summed E-state index contributed by atoms with van der Waals surface area (Å²) in [6, 6.07) is 17.1. The topological polar surface area (TPSA) is 69.0 Å². The number of amides is 1. The highest BCUT2D eigenvalue weighted by molar-refractivity contribution is 6.35. The van der Waals surface area contributed by atoms with Crippen LogP contribution in [0.3, 0.4) is 0 Å². The third-order valence-corrected chi connectivity index (χ3v) is 6.51. The van der Waals surface area contributed by atoms with Gasteiger partial charge in [-0.2, -0.15) is 4.98 Å². The maximum atomic E-state index is 13.7. The van der Waals surface area contributed by atoms with Crippen LogP contribution >= 0.6 is 34.8 Å². The quantitative estimate of drug-likeness (QED) is 0.232. The fourth-order valence-electron chi connectivity index (χ4n) is 3.90. The van der Waals surface area contributed by atoms with E-state index in [0.717, 1.165) is 17.7 Å². The number of hydrogen-bond acceptors (Lipinski definition) is 4. The third-order valence-electron chi connectivity index (χ3n) is 5.72. The summed E-state index contributed by atoms with van der Waals surface area (Å²) in [4.78, 5) is 17.3. The van der Waals surface area contributed by atoms with Gasteiger partial charge in [-0.05, 0) is 54.1 Å². The average Bonchev–Trinajstić information content (AvgIpc) is 3.26. The molecule has 0 aliphatic heterocycles. The molecule has 0 bridgehead atoms. The minimum Gasteiger partial charge on any atom is -0.472 e. The highest BCUT2D eigenvalue weighted by Crippen LogP contribution is 2.36. The molecule has 0 saturated carbocycles. The van der Waals surface area contributed by atoms with E-state index in [0.29, 0.717) is 37.4 Å². The van der Waals surface area contributed by atoms with Crippen LogP contribution in [-0.4, -0.2) is 27.7 Å². The maximum Gasteiger partial charge on any atom is 0.256 e. The predicted octanol–water partition coefficient (Wildman–Crippen LogP) is 7.26. The van der Waals surface area contributed by atoms with Gasteiger partial charge in [0.05, 0.1) is 16.4 Å². The fraction of sp³-hybridized carbons (Fsp3) is 0.0741. The van der Waals surface area contributed by atoms with Gasteiger partial charge in [0, 0.05) is 28.0 Å². The maximum absolute atomic E-state index is 13.7. The van der Waals surface area contributed by atoms with Gasteiger partial charge in [0.1, 0.15) is 12.2 Å². The van der Waals surface area contributed by atoms with Crippen molar-refractivity contribution in [1.29, 1.82) is 0 Å². The van der Waals surface area contributed by atoms with Gasteiger partial charge in [-0.3, -0.25) is 4.79 Å². The number of fused-ring (bicyclic) bond motifs is 1. The molecule has 2 aromatic heterocycles. The van der Waals surface area contributed by atoms with Crippen molar-refractivity contribution in [3.63, 3.8) is 0 Å². The van der Waals surface area contributed by atoms with Crippen molar-refractivity contribution in [2.75, 3.05) is 7.05 Å². The van der Waals surface area contributed by atoms with Crippen LogP contribution in [-0.2, 0) is 6.61 Å². The van der Waals surface area contributed by atoms with Gasteiger partial charge >= 0.3 is 0 Å². The molecule has 2 heterocycles. The van der Waals surface area contributed by atoms with Crippen LogP contribution in [0.5, 0.6) is 5.88 Å². The Bertz CT molecular complexity index is 1690. The molecule has 192 valence electrons.